The first-order valence-corrected chi connectivity index (χ1v) is 6.25. The molecule has 0 spiro atoms. The number of rotatable bonds is 2. The first-order chi connectivity index (χ1) is 7.18. The van der Waals surface area contributed by atoms with Crippen molar-refractivity contribution in [1.82, 2.24) is 10.2 Å². The number of amides is 2. The molecule has 2 fully saturated rings. The maximum Gasteiger partial charge on any atom is 0.318 e. The predicted octanol–water partition coefficient (Wildman–Crippen LogP) is 2.37. The lowest BCUT2D eigenvalue weighted by Crippen LogP contribution is -2.39. The van der Waals surface area contributed by atoms with Crippen LogP contribution in [-0.2, 0) is 0 Å². The number of nitrogens with zero attached hydrogens (tertiary/aromatic N) is 1. The second-order valence-electron chi connectivity index (χ2n) is 5.24. The quantitative estimate of drug-likeness (QED) is 0.745. The van der Waals surface area contributed by atoms with Gasteiger partial charge >= 0.3 is 6.03 Å². The van der Waals surface area contributed by atoms with Crippen LogP contribution in [0.5, 0.6) is 0 Å². The maximum absolute atomic E-state index is 11.8. The molecule has 0 aromatic carbocycles. The van der Waals surface area contributed by atoms with Gasteiger partial charge in [-0.3, -0.25) is 0 Å². The van der Waals surface area contributed by atoms with E-state index < -0.39 is 0 Å². The zero-order valence-corrected chi connectivity index (χ0v) is 9.83. The van der Waals surface area contributed by atoms with E-state index in [1.165, 1.54) is 32.1 Å². The monoisotopic (exact) mass is 210 g/mol. The van der Waals surface area contributed by atoms with Crippen molar-refractivity contribution < 1.29 is 4.79 Å². The second-order valence-corrected chi connectivity index (χ2v) is 5.24. The predicted molar refractivity (Wildman–Crippen MR) is 60.7 cm³/mol. The van der Waals surface area contributed by atoms with Crippen LogP contribution in [0.4, 0.5) is 4.79 Å². The van der Waals surface area contributed by atoms with Crippen LogP contribution in [0, 0.1) is 5.92 Å². The average molecular weight is 210 g/mol. The van der Waals surface area contributed by atoms with Crippen molar-refractivity contribution in [2.45, 2.75) is 58.0 Å². The molecule has 1 N–H and O–H groups in total. The van der Waals surface area contributed by atoms with Gasteiger partial charge in [0.05, 0.1) is 6.04 Å². The smallest absolute Gasteiger partial charge is 0.318 e. The minimum absolute atomic E-state index is 0.167. The third kappa shape index (κ3) is 2.27. The number of nitrogens with one attached hydrogen (secondary N) is 1. The van der Waals surface area contributed by atoms with Crippen molar-refractivity contribution in [2.24, 2.45) is 5.92 Å². The van der Waals surface area contributed by atoms with Crippen LogP contribution in [0.3, 0.4) is 0 Å². The highest BCUT2D eigenvalue weighted by molar-refractivity contribution is 5.77. The Hall–Kier alpha value is -0.730. The van der Waals surface area contributed by atoms with Gasteiger partial charge in [0.25, 0.3) is 0 Å². The van der Waals surface area contributed by atoms with Gasteiger partial charge in [-0.05, 0) is 18.8 Å². The average Bonchev–Trinajstić information content (AvgIpc) is 2.62. The number of hydrogen-bond donors (Lipinski definition) is 1. The van der Waals surface area contributed by atoms with Gasteiger partial charge in [-0.15, -0.1) is 0 Å². The van der Waals surface area contributed by atoms with Gasteiger partial charge in [-0.25, -0.2) is 4.79 Å². The second kappa shape index (κ2) is 4.42. The summed E-state index contributed by atoms with van der Waals surface area (Å²) in [6, 6.07) is 1.04. The lowest BCUT2D eigenvalue weighted by atomic mass is 9.94. The summed E-state index contributed by atoms with van der Waals surface area (Å²) >= 11 is 0. The molecule has 15 heavy (non-hydrogen) atoms. The molecule has 3 nitrogen and oxygen atoms in total. The lowest BCUT2D eigenvalue weighted by molar-refractivity contribution is 0.177. The zero-order chi connectivity index (χ0) is 10.8. The molecule has 1 saturated carbocycles. The fourth-order valence-electron chi connectivity index (χ4n) is 2.67. The summed E-state index contributed by atoms with van der Waals surface area (Å²) in [5.41, 5.74) is 0. The fraction of sp³-hybridized carbons (Fsp3) is 0.917. The number of hydrogen-bond acceptors (Lipinski definition) is 1. The molecule has 2 rings (SSSR count). The molecule has 1 aliphatic heterocycles. The van der Waals surface area contributed by atoms with Crippen molar-refractivity contribution >= 4 is 6.03 Å². The molecule has 86 valence electrons. The zero-order valence-electron chi connectivity index (χ0n) is 9.83. The topological polar surface area (TPSA) is 32.3 Å². The van der Waals surface area contributed by atoms with E-state index in [2.05, 4.69) is 24.1 Å². The number of carbonyl (C=O) groups excluding carboxylic acids is 1. The van der Waals surface area contributed by atoms with Gasteiger partial charge in [-0.2, -0.15) is 0 Å². The van der Waals surface area contributed by atoms with E-state index >= 15 is 0 Å². The van der Waals surface area contributed by atoms with Crippen LogP contribution in [-0.4, -0.2) is 29.6 Å². The number of carbonyl (C=O) groups is 1. The van der Waals surface area contributed by atoms with Crippen molar-refractivity contribution in [3.63, 3.8) is 0 Å². The van der Waals surface area contributed by atoms with Crippen LogP contribution < -0.4 is 5.32 Å². The Bertz CT molecular complexity index is 234. The Labute approximate surface area is 92.2 Å². The molecule has 2 amide bonds. The Morgan fingerprint density at radius 3 is 2.47 bits per heavy atom. The Morgan fingerprint density at radius 1 is 1.27 bits per heavy atom. The summed E-state index contributed by atoms with van der Waals surface area (Å²) in [5.74, 6) is 0.544. The molecule has 3 heteroatoms. The van der Waals surface area contributed by atoms with Crippen LogP contribution in [0.1, 0.15) is 46.0 Å². The number of urea groups is 1. The fourth-order valence-corrected chi connectivity index (χ4v) is 2.67. The van der Waals surface area contributed by atoms with Crippen LogP contribution in [0.15, 0.2) is 0 Å². The summed E-state index contributed by atoms with van der Waals surface area (Å²) in [6.45, 7) is 5.27. The molecule has 0 aromatic rings. The van der Waals surface area contributed by atoms with Crippen molar-refractivity contribution in [2.75, 3.05) is 6.54 Å². The molecule has 0 bridgehead atoms. The third-order valence-corrected chi connectivity index (χ3v) is 3.78. The summed E-state index contributed by atoms with van der Waals surface area (Å²) in [5, 5.41) is 3.09. The summed E-state index contributed by atoms with van der Waals surface area (Å²) in [7, 11) is 0. The van der Waals surface area contributed by atoms with Crippen LogP contribution >= 0.6 is 0 Å². The van der Waals surface area contributed by atoms with Gasteiger partial charge in [0, 0.05) is 12.6 Å². The van der Waals surface area contributed by atoms with E-state index in [0.29, 0.717) is 18.0 Å². The highest BCUT2D eigenvalue weighted by atomic mass is 16.2. The summed E-state index contributed by atoms with van der Waals surface area (Å²) in [4.78, 5) is 13.9. The Balaban J connectivity index is 1.95. The molecule has 1 atom stereocenters. The lowest BCUT2D eigenvalue weighted by Gasteiger charge is -2.30. The molecule has 0 radical (unpaired) electrons. The molecule has 1 heterocycles. The standard InChI is InChI=1S/C12H22N2O/c1-9(2)11-8-14(12(15)13-11)10-6-4-3-5-7-10/h9-11H,3-8H2,1-2H3,(H,13,15). The van der Waals surface area contributed by atoms with E-state index in [0.717, 1.165) is 6.54 Å². The minimum atomic E-state index is 0.167. The highest BCUT2D eigenvalue weighted by Gasteiger charge is 2.35. The first-order valence-electron chi connectivity index (χ1n) is 6.25. The molecule has 1 saturated heterocycles. The van der Waals surface area contributed by atoms with Gasteiger partial charge < -0.3 is 10.2 Å². The molecule has 2 aliphatic rings. The van der Waals surface area contributed by atoms with Gasteiger partial charge in [-0.1, -0.05) is 33.1 Å². The third-order valence-electron chi connectivity index (χ3n) is 3.78. The highest BCUT2D eigenvalue weighted by Crippen LogP contribution is 2.25. The molecular formula is C12H22N2O. The van der Waals surface area contributed by atoms with Crippen molar-refractivity contribution in [3.05, 3.63) is 0 Å². The summed E-state index contributed by atoms with van der Waals surface area (Å²) in [6.07, 6.45) is 6.34. The van der Waals surface area contributed by atoms with Crippen LogP contribution in [0.2, 0.25) is 0 Å². The summed E-state index contributed by atoms with van der Waals surface area (Å²) < 4.78 is 0. The van der Waals surface area contributed by atoms with Gasteiger partial charge in [0.2, 0.25) is 0 Å². The van der Waals surface area contributed by atoms with Crippen molar-refractivity contribution in [1.29, 1.82) is 0 Å². The molecule has 1 unspecified atom stereocenters. The molecule has 1 aliphatic carbocycles. The first kappa shape index (κ1) is 10.8. The SMILES string of the molecule is CC(C)C1CN(C2CCCCC2)C(=O)N1. The normalized spacial score (nSPS) is 28.6. The van der Waals surface area contributed by atoms with E-state index in [1.54, 1.807) is 0 Å². The van der Waals surface area contributed by atoms with E-state index in [9.17, 15) is 4.79 Å². The van der Waals surface area contributed by atoms with Gasteiger partial charge in [0.15, 0.2) is 0 Å². The van der Waals surface area contributed by atoms with Gasteiger partial charge in [0.1, 0.15) is 0 Å². The Kier molecular flexibility index (Phi) is 3.17. The van der Waals surface area contributed by atoms with E-state index in [-0.39, 0.29) is 6.03 Å². The largest absolute Gasteiger partial charge is 0.333 e. The minimum Gasteiger partial charge on any atom is -0.333 e. The Morgan fingerprint density at radius 2 is 1.93 bits per heavy atom. The molecule has 0 aromatic heterocycles. The van der Waals surface area contributed by atoms with Crippen LogP contribution in [0.25, 0.3) is 0 Å². The van der Waals surface area contributed by atoms with Crippen molar-refractivity contribution in [3.8, 4) is 0 Å². The molecular weight excluding hydrogens is 188 g/mol. The maximum atomic E-state index is 11.8. The van der Waals surface area contributed by atoms with E-state index in [4.69, 9.17) is 0 Å². The van der Waals surface area contributed by atoms with E-state index in [1.807, 2.05) is 0 Å².